The molecule has 2 amide bonds. The van der Waals surface area contributed by atoms with E-state index in [1.165, 1.54) is 6.07 Å². The van der Waals surface area contributed by atoms with Gasteiger partial charge in [-0.2, -0.15) is 0 Å². The molecular formula is C13H14ClFN2O2. The zero-order valence-corrected chi connectivity index (χ0v) is 11.0. The molecular weight excluding hydrogens is 271 g/mol. The zero-order chi connectivity index (χ0) is 13.8. The van der Waals surface area contributed by atoms with Gasteiger partial charge in [0.2, 0.25) is 5.91 Å². The number of rotatable bonds is 3. The van der Waals surface area contributed by atoms with E-state index >= 15 is 0 Å². The van der Waals surface area contributed by atoms with Gasteiger partial charge in [0, 0.05) is 13.1 Å². The van der Waals surface area contributed by atoms with E-state index in [2.05, 4.69) is 5.32 Å². The first-order valence-electron chi connectivity index (χ1n) is 6.09. The van der Waals surface area contributed by atoms with Crippen LogP contribution in [-0.4, -0.2) is 36.3 Å². The van der Waals surface area contributed by atoms with E-state index in [1.807, 2.05) is 0 Å². The van der Waals surface area contributed by atoms with Crippen molar-refractivity contribution in [1.82, 2.24) is 10.2 Å². The highest BCUT2D eigenvalue weighted by Crippen LogP contribution is 2.17. The lowest BCUT2D eigenvalue weighted by atomic mass is 10.2. The number of amides is 2. The minimum Gasteiger partial charge on any atom is -0.343 e. The molecule has 0 spiro atoms. The van der Waals surface area contributed by atoms with Crippen LogP contribution in [0.5, 0.6) is 0 Å². The van der Waals surface area contributed by atoms with Gasteiger partial charge in [0.15, 0.2) is 0 Å². The smallest absolute Gasteiger partial charge is 0.253 e. The Morgan fingerprint density at radius 2 is 2.00 bits per heavy atom. The van der Waals surface area contributed by atoms with Crippen LogP contribution in [0.4, 0.5) is 4.39 Å². The van der Waals surface area contributed by atoms with Gasteiger partial charge in [-0.25, -0.2) is 4.39 Å². The molecule has 1 aromatic carbocycles. The molecule has 1 N–H and O–H groups in total. The summed E-state index contributed by atoms with van der Waals surface area (Å²) in [5.74, 6) is -1.09. The SMILES string of the molecule is O=C(NCC(=O)N1CCCC1)c1ccc(F)cc1Cl. The maximum Gasteiger partial charge on any atom is 0.253 e. The molecule has 0 aliphatic carbocycles. The topological polar surface area (TPSA) is 49.4 Å². The Balaban J connectivity index is 1.92. The predicted molar refractivity (Wildman–Crippen MR) is 69.6 cm³/mol. The summed E-state index contributed by atoms with van der Waals surface area (Å²) >= 11 is 5.77. The number of hydrogen-bond acceptors (Lipinski definition) is 2. The number of hydrogen-bond donors (Lipinski definition) is 1. The van der Waals surface area contributed by atoms with Gasteiger partial charge in [-0.1, -0.05) is 11.6 Å². The first kappa shape index (κ1) is 13.8. The highest BCUT2D eigenvalue weighted by Gasteiger charge is 2.19. The summed E-state index contributed by atoms with van der Waals surface area (Å²) in [4.78, 5) is 25.3. The fourth-order valence-corrected chi connectivity index (χ4v) is 2.26. The van der Waals surface area contributed by atoms with E-state index in [4.69, 9.17) is 11.6 Å². The van der Waals surface area contributed by atoms with Crippen LogP contribution < -0.4 is 5.32 Å². The van der Waals surface area contributed by atoms with E-state index in [0.29, 0.717) is 0 Å². The molecule has 1 aromatic rings. The van der Waals surface area contributed by atoms with Crippen molar-refractivity contribution in [3.05, 3.63) is 34.6 Å². The molecule has 0 radical (unpaired) electrons. The van der Waals surface area contributed by atoms with Gasteiger partial charge in [-0.05, 0) is 31.0 Å². The maximum atomic E-state index is 12.9. The van der Waals surface area contributed by atoms with Crippen molar-refractivity contribution in [1.29, 1.82) is 0 Å². The molecule has 1 aliphatic rings. The third kappa shape index (κ3) is 3.44. The lowest BCUT2D eigenvalue weighted by Gasteiger charge is -2.15. The summed E-state index contributed by atoms with van der Waals surface area (Å²) in [5.41, 5.74) is 0.164. The Hall–Kier alpha value is -1.62. The Kier molecular flexibility index (Phi) is 4.37. The second-order valence-corrected chi connectivity index (χ2v) is 4.80. The molecule has 1 saturated heterocycles. The summed E-state index contributed by atoms with van der Waals surface area (Å²) in [6, 6.07) is 3.52. The molecule has 1 fully saturated rings. The zero-order valence-electron chi connectivity index (χ0n) is 10.3. The van der Waals surface area contributed by atoms with Gasteiger partial charge in [-0.15, -0.1) is 0 Å². The van der Waals surface area contributed by atoms with Crippen molar-refractivity contribution in [3.8, 4) is 0 Å². The Bertz CT molecular complexity index is 501. The van der Waals surface area contributed by atoms with Crippen LogP contribution in [0, 0.1) is 5.82 Å². The molecule has 2 rings (SSSR count). The molecule has 19 heavy (non-hydrogen) atoms. The summed E-state index contributed by atoms with van der Waals surface area (Å²) < 4.78 is 12.9. The summed E-state index contributed by atoms with van der Waals surface area (Å²) in [6.45, 7) is 1.42. The normalized spacial score (nSPS) is 14.5. The number of carbonyl (C=O) groups excluding carboxylic acids is 2. The van der Waals surface area contributed by atoms with Crippen LogP contribution in [-0.2, 0) is 4.79 Å². The Morgan fingerprint density at radius 1 is 1.32 bits per heavy atom. The average molecular weight is 285 g/mol. The van der Waals surface area contributed by atoms with Crippen molar-refractivity contribution in [2.24, 2.45) is 0 Å². The quantitative estimate of drug-likeness (QED) is 0.921. The summed E-state index contributed by atoms with van der Waals surface area (Å²) in [5, 5.41) is 2.53. The number of carbonyl (C=O) groups is 2. The molecule has 4 nitrogen and oxygen atoms in total. The van der Waals surface area contributed by atoms with Crippen molar-refractivity contribution in [3.63, 3.8) is 0 Å². The first-order valence-corrected chi connectivity index (χ1v) is 6.47. The minimum atomic E-state index is -0.505. The molecule has 1 heterocycles. The monoisotopic (exact) mass is 284 g/mol. The van der Waals surface area contributed by atoms with Crippen LogP contribution in [0.3, 0.4) is 0 Å². The molecule has 6 heteroatoms. The Morgan fingerprint density at radius 3 is 2.63 bits per heavy atom. The fourth-order valence-electron chi connectivity index (χ4n) is 2.00. The van der Waals surface area contributed by atoms with Crippen molar-refractivity contribution >= 4 is 23.4 Å². The molecule has 0 bridgehead atoms. The van der Waals surface area contributed by atoms with Crippen LogP contribution >= 0.6 is 11.6 Å². The standard InChI is InChI=1S/C13H14ClFN2O2/c14-11-7-9(15)3-4-10(11)13(19)16-8-12(18)17-5-1-2-6-17/h3-4,7H,1-2,5-6,8H2,(H,16,19). The van der Waals surface area contributed by atoms with Crippen molar-refractivity contribution in [2.75, 3.05) is 19.6 Å². The van der Waals surface area contributed by atoms with E-state index in [0.717, 1.165) is 38.1 Å². The third-order valence-electron chi connectivity index (χ3n) is 3.03. The molecule has 0 unspecified atom stereocenters. The molecule has 1 aliphatic heterocycles. The Labute approximate surface area is 115 Å². The second-order valence-electron chi connectivity index (χ2n) is 4.39. The number of halogens is 2. The molecule has 0 atom stereocenters. The summed E-state index contributed by atoms with van der Waals surface area (Å²) in [6.07, 6.45) is 2.01. The van der Waals surface area contributed by atoms with E-state index in [1.54, 1.807) is 4.90 Å². The highest BCUT2D eigenvalue weighted by molar-refractivity contribution is 6.33. The minimum absolute atomic E-state index is 0.0334. The predicted octanol–water partition coefficient (Wildman–Crippen LogP) is 1.83. The van der Waals surface area contributed by atoms with Crippen molar-refractivity contribution in [2.45, 2.75) is 12.8 Å². The first-order chi connectivity index (χ1) is 9.08. The highest BCUT2D eigenvalue weighted by atomic mass is 35.5. The largest absolute Gasteiger partial charge is 0.343 e. The molecule has 0 saturated carbocycles. The van der Waals surface area contributed by atoms with E-state index < -0.39 is 11.7 Å². The van der Waals surface area contributed by atoms with E-state index in [-0.39, 0.29) is 23.0 Å². The van der Waals surface area contributed by atoms with Gasteiger partial charge in [0.05, 0.1) is 17.1 Å². The third-order valence-corrected chi connectivity index (χ3v) is 3.35. The number of benzene rings is 1. The van der Waals surface area contributed by atoms with Crippen LogP contribution in [0.1, 0.15) is 23.2 Å². The number of nitrogens with zero attached hydrogens (tertiary/aromatic N) is 1. The van der Waals surface area contributed by atoms with E-state index in [9.17, 15) is 14.0 Å². The van der Waals surface area contributed by atoms with Gasteiger partial charge in [-0.3, -0.25) is 9.59 Å². The lowest BCUT2D eigenvalue weighted by molar-refractivity contribution is -0.129. The second kappa shape index (κ2) is 6.02. The maximum absolute atomic E-state index is 12.9. The lowest BCUT2D eigenvalue weighted by Crippen LogP contribution is -2.38. The van der Waals surface area contributed by atoms with Gasteiger partial charge in [0.1, 0.15) is 5.82 Å². The van der Waals surface area contributed by atoms with Gasteiger partial charge >= 0.3 is 0 Å². The summed E-state index contributed by atoms with van der Waals surface area (Å²) in [7, 11) is 0. The van der Waals surface area contributed by atoms with Crippen LogP contribution in [0.15, 0.2) is 18.2 Å². The number of nitrogens with one attached hydrogen (secondary N) is 1. The van der Waals surface area contributed by atoms with Crippen LogP contribution in [0.25, 0.3) is 0 Å². The fraction of sp³-hybridized carbons (Fsp3) is 0.385. The van der Waals surface area contributed by atoms with Gasteiger partial charge in [0.25, 0.3) is 5.91 Å². The average Bonchev–Trinajstić information content (AvgIpc) is 2.89. The van der Waals surface area contributed by atoms with Crippen LogP contribution in [0.2, 0.25) is 5.02 Å². The van der Waals surface area contributed by atoms with Gasteiger partial charge < -0.3 is 10.2 Å². The van der Waals surface area contributed by atoms with Crippen molar-refractivity contribution < 1.29 is 14.0 Å². The molecule has 0 aromatic heterocycles. The molecule has 102 valence electrons. The number of likely N-dealkylation sites (tertiary alicyclic amines) is 1.